The van der Waals surface area contributed by atoms with Crippen LogP contribution in [0.2, 0.25) is 0 Å². The van der Waals surface area contributed by atoms with Crippen LogP contribution in [0.15, 0.2) is 51.5 Å². The Bertz CT molecular complexity index is 780. The van der Waals surface area contributed by atoms with Crippen LogP contribution in [-0.2, 0) is 6.54 Å². The lowest BCUT2D eigenvalue weighted by atomic mass is 10.0. The molecule has 1 saturated heterocycles. The van der Waals surface area contributed by atoms with Crippen molar-refractivity contribution in [2.45, 2.75) is 25.4 Å². The van der Waals surface area contributed by atoms with Gasteiger partial charge in [-0.2, -0.15) is 0 Å². The van der Waals surface area contributed by atoms with E-state index in [1.54, 1.807) is 19.4 Å². The van der Waals surface area contributed by atoms with Crippen molar-refractivity contribution >= 4 is 0 Å². The van der Waals surface area contributed by atoms with Crippen LogP contribution in [-0.4, -0.2) is 28.8 Å². The van der Waals surface area contributed by atoms with Crippen molar-refractivity contribution in [3.63, 3.8) is 0 Å². The first kappa shape index (κ1) is 15.0. The highest BCUT2D eigenvalue weighted by Crippen LogP contribution is 2.34. The zero-order chi connectivity index (χ0) is 16.4. The number of methoxy groups -OCH3 is 1. The molecule has 1 fully saturated rings. The van der Waals surface area contributed by atoms with Gasteiger partial charge in [0.2, 0.25) is 5.89 Å². The lowest BCUT2D eigenvalue weighted by Gasteiger charge is -2.23. The quantitative estimate of drug-likeness (QED) is 0.713. The monoisotopic (exact) mass is 325 g/mol. The maximum atomic E-state index is 5.73. The van der Waals surface area contributed by atoms with E-state index in [4.69, 9.17) is 13.6 Å². The number of nitrogens with zero attached hydrogens (tertiary/aromatic N) is 3. The van der Waals surface area contributed by atoms with Gasteiger partial charge in [-0.05, 0) is 49.2 Å². The lowest BCUT2D eigenvalue weighted by Crippen LogP contribution is -2.22. The molecule has 3 heterocycles. The molecule has 0 radical (unpaired) electrons. The normalized spacial score (nSPS) is 18.1. The first-order valence-corrected chi connectivity index (χ1v) is 8.08. The fraction of sp³-hybridized carbons (Fsp3) is 0.333. The van der Waals surface area contributed by atoms with Crippen LogP contribution in [0.3, 0.4) is 0 Å². The van der Waals surface area contributed by atoms with E-state index in [1.165, 1.54) is 5.56 Å². The molecular formula is C18H19N3O3. The number of hydrogen-bond donors (Lipinski definition) is 0. The Hall–Kier alpha value is -2.60. The van der Waals surface area contributed by atoms with Gasteiger partial charge in [0.05, 0.1) is 19.9 Å². The smallest absolute Gasteiger partial charge is 0.283 e. The van der Waals surface area contributed by atoms with Crippen molar-refractivity contribution in [1.82, 2.24) is 15.1 Å². The topological polar surface area (TPSA) is 64.5 Å². The maximum Gasteiger partial charge on any atom is 0.283 e. The van der Waals surface area contributed by atoms with E-state index >= 15 is 0 Å². The molecule has 0 bridgehead atoms. The molecule has 1 aliphatic rings. The highest BCUT2D eigenvalue weighted by atomic mass is 16.5. The molecule has 0 saturated carbocycles. The third kappa shape index (κ3) is 2.92. The Labute approximate surface area is 140 Å². The van der Waals surface area contributed by atoms with Crippen LogP contribution in [0.4, 0.5) is 0 Å². The van der Waals surface area contributed by atoms with Crippen molar-refractivity contribution in [3.05, 3.63) is 54.1 Å². The highest BCUT2D eigenvalue weighted by molar-refractivity contribution is 5.42. The molecule has 6 nitrogen and oxygen atoms in total. The zero-order valence-electron chi connectivity index (χ0n) is 13.5. The van der Waals surface area contributed by atoms with Crippen LogP contribution in [0.5, 0.6) is 5.75 Å². The first-order valence-electron chi connectivity index (χ1n) is 8.08. The summed E-state index contributed by atoms with van der Waals surface area (Å²) in [5, 5.41) is 8.22. The molecule has 0 amide bonds. The van der Waals surface area contributed by atoms with Crippen molar-refractivity contribution in [2.24, 2.45) is 0 Å². The minimum Gasteiger partial charge on any atom is -0.497 e. The summed E-state index contributed by atoms with van der Waals surface area (Å²) in [4.78, 5) is 2.38. The number of ether oxygens (including phenoxy) is 1. The van der Waals surface area contributed by atoms with E-state index in [2.05, 4.69) is 27.2 Å². The van der Waals surface area contributed by atoms with Gasteiger partial charge in [0.1, 0.15) is 5.75 Å². The molecule has 1 aromatic carbocycles. The van der Waals surface area contributed by atoms with Crippen LogP contribution < -0.4 is 4.74 Å². The first-order chi connectivity index (χ1) is 11.8. The Morgan fingerprint density at radius 2 is 2.08 bits per heavy atom. The minimum absolute atomic E-state index is 0.370. The van der Waals surface area contributed by atoms with Crippen LogP contribution >= 0.6 is 0 Å². The van der Waals surface area contributed by atoms with Gasteiger partial charge in [-0.15, -0.1) is 10.2 Å². The predicted octanol–water partition coefficient (Wildman–Crippen LogP) is 3.68. The molecule has 124 valence electrons. The second kappa shape index (κ2) is 6.49. The number of furan rings is 1. The summed E-state index contributed by atoms with van der Waals surface area (Å²) in [7, 11) is 1.68. The van der Waals surface area contributed by atoms with Gasteiger partial charge in [0.15, 0.2) is 5.76 Å². The van der Waals surface area contributed by atoms with Crippen LogP contribution in [0, 0.1) is 0 Å². The Balaban J connectivity index is 1.49. The van der Waals surface area contributed by atoms with Gasteiger partial charge in [-0.1, -0.05) is 12.1 Å². The molecule has 2 aromatic heterocycles. The zero-order valence-corrected chi connectivity index (χ0v) is 13.5. The van der Waals surface area contributed by atoms with E-state index in [0.29, 0.717) is 30.1 Å². The van der Waals surface area contributed by atoms with Crippen molar-refractivity contribution in [2.75, 3.05) is 13.7 Å². The number of aromatic nitrogens is 2. The molecule has 3 aromatic rings. The van der Waals surface area contributed by atoms with Gasteiger partial charge >= 0.3 is 0 Å². The maximum absolute atomic E-state index is 5.73. The Morgan fingerprint density at radius 3 is 2.83 bits per heavy atom. The van der Waals surface area contributed by atoms with Gasteiger partial charge in [0.25, 0.3) is 5.89 Å². The summed E-state index contributed by atoms with van der Waals surface area (Å²) in [6, 6.07) is 12.3. The summed E-state index contributed by atoms with van der Waals surface area (Å²) in [5.41, 5.74) is 1.29. The second-order valence-electron chi connectivity index (χ2n) is 5.88. The van der Waals surface area contributed by atoms with Crippen LogP contribution in [0.1, 0.15) is 30.3 Å². The SMILES string of the molecule is COc1ccc(C2CCCN2Cc2nnc(-c3ccco3)o2)cc1. The largest absolute Gasteiger partial charge is 0.497 e. The number of likely N-dealkylation sites (tertiary alicyclic amines) is 1. The third-order valence-electron chi connectivity index (χ3n) is 4.40. The van der Waals surface area contributed by atoms with Crippen molar-refractivity contribution in [1.29, 1.82) is 0 Å². The van der Waals surface area contributed by atoms with Gasteiger partial charge in [-0.3, -0.25) is 4.90 Å². The fourth-order valence-electron chi connectivity index (χ4n) is 3.21. The molecule has 0 N–H and O–H groups in total. The molecule has 6 heteroatoms. The molecule has 1 unspecified atom stereocenters. The minimum atomic E-state index is 0.370. The molecule has 1 aliphatic heterocycles. The number of rotatable bonds is 5. The van der Waals surface area contributed by atoms with E-state index < -0.39 is 0 Å². The van der Waals surface area contributed by atoms with E-state index in [9.17, 15) is 0 Å². The average Bonchev–Trinajstić information content (AvgIpc) is 3.37. The van der Waals surface area contributed by atoms with E-state index in [0.717, 1.165) is 25.1 Å². The number of hydrogen-bond acceptors (Lipinski definition) is 6. The Morgan fingerprint density at radius 1 is 1.21 bits per heavy atom. The van der Waals surface area contributed by atoms with Gasteiger partial charge in [-0.25, -0.2) is 0 Å². The van der Waals surface area contributed by atoms with E-state index in [-0.39, 0.29) is 0 Å². The molecule has 0 aliphatic carbocycles. The second-order valence-corrected chi connectivity index (χ2v) is 5.88. The standard InChI is InChI=1S/C18H19N3O3/c1-22-14-8-6-13(7-9-14)15-4-2-10-21(15)12-17-19-20-18(24-17)16-5-3-11-23-16/h3,5-9,11,15H,2,4,10,12H2,1H3. The predicted molar refractivity (Wildman–Crippen MR) is 87.4 cm³/mol. The van der Waals surface area contributed by atoms with E-state index in [1.807, 2.05) is 18.2 Å². The fourth-order valence-corrected chi connectivity index (χ4v) is 3.21. The summed E-state index contributed by atoms with van der Waals surface area (Å²) >= 11 is 0. The summed E-state index contributed by atoms with van der Waals surface area (Å²) < 4.78 is 16.3. The number of benzene rings is 1. The van der Waals surface area contributed by atoms with Crippen LogP contribution in [0.25, 0.3) is 11.7 Å². The Kier molecular flexibility index (Phi) is 4.04. The summed E-state index contributed by atoms with van der Waals surface area (Å²) in [5.74, 6) is 2.52. The van der Waals surface area contributed by atoms with Gasteiger partial charge in [0, 0.05) is 6.04 Å². The van der Waals surface area contributed by atoms with Gasteiger partial charge < -0.3 is 13.6 Å². The molecule has 4 rings (SSSR count). The molecule has 24 heavy (non-hydrogen) atoms. The lowest BCUT2D eigenvalue weighted by molar-refractivity contribution is 0.224. The molecular weight excluding hydrogens is 306 g/mol. The van der Waals surface area contributed by atoms with Crippen molar-refractivity contribution < 1.29 is 13.6 Å². The molecule has 0 spiro atoms. The highest BCUT2D eigenvalue weighted by Gasteiger charge is 2.27. The summed E-state index contributed by atoms with van der Waals surface area (Å²) in [6.07, 6.45) is 3.89. The third-order valence-corrected chi connectivity index (χ3v) is 4.40. The average molecular weight is 325 g/mol. The van der Waals surface area contributed by atoms with Crippen molar-refractivity contribution in [3.8, 4) is 17.4 Å². The summed E-state index contributed by atoms with van der Waals surface area (Å²) in [6.45, 7) is 1.67. The molecule has 1 atom stereocenters.